The lowest BCUT2D eigenvalue weighted by Crippen LogP contribution is -2.46. The van der Waals surface area contributed by atoms with E-state index >= 15 is 0 Å². The van der Waals surface area contributed by atoms with E-state index in [2.05, 4.69) is 18.7 Å². The van der Waals surface area contributed by atoms with Crippen molar-refractivity contribution in [1.82, 2.24) is 4.90 Å². The van der Waals surface area contributed by atoms with E-state index in [1.165, 1.54) is 71.0 Å². The third-order valence-corrected chi connectivity index (χ3v) is 5.37. The molecule has 0 aromatic carbocycles. The molecule has 2 fully saturated rings. The predicted octanol–water partition coefficient (Wildman–Crippen LogP) is 3.41. The maximum atomic E-state index is 6.15. The molecule has 0 spiro atoms. The van der Waals surface area contributed by atoms with Gasteiger partial charge in [-0.1, -0.05) is 39.5 Å². The molecule has 0 unspecified atom stereocenters. The van der Waals surface area contributed by atoms with Crippen LogP contribution in [0.1, 0.15) is 65.2 Å². The topological polar surface area (TPSA) is 29.3 Å². The molecular weight excluding hydrogens is 220 g/mol. The summed E-state index contributed by atoms with van der Waals surface area (Å²) in [6.07, 6.45) is 11.1. The summed E-state index contributed by atoms with van der Waals surface area (Å²) in [6.45, 7) is 9.55. The second-order valence-electron chi connectivity index (χ2n) is 7.56. The second-order valence-corrected chi connectivity index (χ2v) is 7.56. The summed E-state index contributed by atoms with van der Waals surface area (Å²) in [5, 5.41) is 0. The van der Waals surface area contributed by atoms with E-state index in [1.807, 2.05) is 0 Å². The van der Waals surface area contributed by atoms with E-state index in [0.29, 0.717) is 10.8 Å². The number of hydrogen-bond donors (Lipinski definition) is 1. The minimum atomic E-state index is 0.442. The molecular formula is C16H32N2. The maximum Gasteiger partial charge on any atom is 0.00501 e. The summed E-state index contributed by atoms with van der Waals surface area (Å²) in [7, 11) is 0. The number of hydrogen-bond acceptors (Lipinski definition) is 2. The minimum absolute atomic E-state index is 0.442. The molecule has 0 atom stereocenters. The zero-order valence-corrected chi connectivity index (χ0v) is 12.5. The summed E-state index contributed by atoms with van der Waals surface area (Å²) in [5.74, 6) is 0. The number of rotatable bonds is 3. The van der Waals surface area contributed by atoms with Crippen molar-refractivity contribution in [3.8, 4) is 0 Å². The Bertz CT molecular complexity index is 242. The monoisotopic (exact) mass is 252 g/mol. The van der Waals surface area contributed by atoms with Crippen LogP contribution in [0.15, 0.2) is 0 Å². The Balaban J connectivity index is 1.90. The van der Waals surface area contributed by atoms with Gasteiger partial charge in [-0.3, -0.25) is 0 Å². The summed E-state index contributed by atoms with van der Waals surface area (Å²) >= 11 is 0. The van der Waals surface area contributed by atoms with Crippen LogP contribution in [0.25, 0.3) is 0 Å². The first kappa shape index (κ1) is 14.3. The van der Waals surface area contributed by atoms with Crippen molar-refractivity contribution in [3.63, 3.8) is 0 Å². The molecule has 0 aromatic rings. The smallest absolute Gasteiger partial charge is 0.00501 e. The van der Waals surface area contributed by atoms with Crippen molar-refractivity contribution in [2.24, 2.45) is 16.6 Å². The first-order valence-electron chi connectivity index (χ1n) is 7.98. The van der Waals surface area contributed by atoms with Gasteiger partial charge in [-0.05, 0) is 56.1 Å². The third-order valence-electron chi connectivity index (χ3n) is 5.37. The highest BCUT2D eigenvalue weighted by Gasteiger charge is 2.34. The highest BCUT2D eigenvalue weighted by Crippen LogP contribution is 2.37. The fourth-order valence-electron chi connectivity index (χ4n) is 3.70. The first-order valence-corrected chi connectivity index (χ1v) is 7.98. The third kappa shape index (κ3) is 3.71. The number of nitrogens with two attached hydrogens (primary N) is 1. The van der Waals surface area contributed by atoms with Crippen LogP contribution < -0.4 is 5.73 Å². The summed E-state index contributed by atoms with van der Waals surface area (Å²) in [5.41, 5.74) is 7.16. The van der Waals surface area contributed by atoms with Crippen molar-refractivity contribution < 1.29 is 0 Å². The Morgan fingerprint density at radius 1 is 0.889 bits per heavy atom. The van der Waals surface area contributed by atoms with Gasteiger partial charge < -0.3 is 10.6 Å². The summed E-state index contributed by atoms with van der Waals surface area (Å²) in [6, 6.07) is 0. The van der Waals surface area contributed by atoms with Crippen LogP contribution in [-0.4, -0.2) is 31.1 Å². The lowest BCUT2D eigenvalue weighted by atomic mass is 9.77. The van der Waals surface area contributed by atoms with Gasteiger partial charge in [-0.25, -0.2) is 0 Å². The Kier molecular flexibility index (Phi) is 4.71. The van der Waals surface area contributed by atoms with E-state index in [0.717, 1.165) is 6.54 Å². The van der Waals surface area contributed by atoms with Crippen LogP contribution in [0.5, 0.6) is 0 Å². The van der Waals surface area contributed by atoms with E-state index < -0.39 is 0 Å². The van der Waals surface area contributed by atoms with Gasteiger partial charge in [-0.15, -0.1) is 0 Å². The average Bonchev–Trinajstić information content (AvgIpc) is 2.58. The fraction of sp³-hybridized carbons (Fsp3) is 1.00. The summed E-state index contributed by atoms with van der Waals surface area (Å²) in [4.78, 5) is 2.70. The Morgan fingerprint density at radius 3 is 1.94 bits per heavy atom. The van der Waals surface area contributed by atoms with Crippen LogP contribution in [0.3, 0.4) is 0 Å². The standard InChI is InChI=1S/C16H32N2/c1-15(2)9-11-18(12-10-15)14-16(13-17)7-5-3-4-6-8-16/h3-14,17H2,1-2H3. The van der Waals surface area contributed by atoms with Gasteiger partial charge in [0, 0.05) is 6.54 Å². The molecule has 106 valence electrons. The van der Waals surface area contributed by atoms with E-state index in [1.54, 1.807) is 0 Å². The van der Waals surface area contributed by atoms with Crippen LogP contribution in [0.4, 0.5) is 0 Å². The van der Waals surface area contributed by atoms with E-state index in [-0.39, 0.29) is 0 Å². The molecule has 1 aliphatic heterocycles. The molecule has 18 heavy (non-hydrogen) atoms. The molecule has 2 nitrogen and oxygen atoms in total. The van der Waals surface area contributed by atoms with Gasteiger partial charge in [0.05, 0.1) is 0 Å². The van der Waals surface area contributed by atoms with Crippen molar-refractivity contribution in [1.29, 1.82) is 0 Å². The number of piperidine rings is 1. The number of likely N-dealkylation sites (tertiary alicyclic amines) is 1. The van der Waals surface area contributed by atoms with Crippen LogP contribution in [0, 0.1) is 10.8 Å². The molecule has 1 saturated heterocycles. The van der Waals surface area contributed by atoms with E-state index in [4.69, 9.17) is 5.73 Å². The van der Waals surface area contributed by atoms with Crippen molar-refractivity contribution in [2.45, 2.75) is 65.2 Å². The first-order chi connectivity index (χ1) is 8.55. The van der Waals surface area contributed by atoms with Gasteiger partial charge in [0.25, 0.3) is 0 Å². The molecule has 0 aromatic heterocycles. The fourth-order valence-corrected chi connectivity index (χ4v) is 3.70. The molecule has 0 bridgehead atoms. The quantitative estimate of drug-likeness (QED) is 0.780. The van der Waals surface area contributed by atoms with Crippen LogP contribution in [-0.2, 0) is 0 Å². The SMILES string of the molecule is CC1(C)CCN(CC2(CN)CCCCCC2)CC1. The maximum absolute atomic E-state index is 6.15. The molecule has 1 heterocycles. The van der Waals surface area contributed by atoms with Gasteiger partial charge in [0.2, 0.25) is 0 Å². The highest BCUT2D eigenvalue weighted by atomic mass is 15.1. The molecule has 1 aliphatic carbocycles. The predicted molar refractivity (Wildman–Crippen MR) is 78.6 cm³/mol. The average molecular weight is 252 g/mol. The molecule has 0 amide bonds. The zero-order valence-electron chi connectivity index (χ0n) is 12.5. The lowest BCUT2D eigenvalue weighted by Gasteiger charge is -2.42. The Hall–Kier alpha value is -0.0800. The van der Waals surface area contributed by atoms with Gasteiger partial charge in [-0.2, -0.15) is 0 Å². The largest absolute Gasteiger partial charge is 0.330 e. The molecule has 2 aliphatic rings. The lowest BCUT2D eigenvalue weighted by molar-refractivity contribution is 0.0766. The molecule has 2 N–H and O–H groups in total. The van der Waals surface area contributed by atoms with Gasteiger partial charge in [0.1, 0.15) is 0 Å². The van der Waals surface area contributed by atoms with Crippen LogP contribution >= 0.6 is 0 Å². The van der Waals surface area contributed by atoms with Gasteiger partial charge in [0.15, 0.2) is 0 Å². The van der Waals surface area contributed by atoms with E-state index in [9.17, 15) is 0 Å². The zero-order chi connectivity index (χ0) is 13.1. The highest BCUT2D eigenvalue weighted by molar-refractivity contribution is 4.88. The molecule has 2 heteroatoms. The Labute approximate surface area is 113 Å². The van der Waals surface area contributed by atoms with Crippen LogP contribution in [0.2, 0.25) is 0 Å². The normalized spacial score (nSPS) is 28.8. The van der Waals surface area contributed by atoms with Crippen molar-refractivity contribution >= 4 is 0 Å². The van der Waals surface area contributed by atoms with Gasteiger partial charge >= 0.3 is 0 Å². The second kappa shape index (κ2) is 5.92. The summed E-state index contributed by atoms with van der Waals surface area (Å²) < 4.78 is 0. The van der Waals surface area contributed by atoms with Crippen molar-refractivity contribution in [2.75, 3.05) is 26.2 Å². The molecule has 1 saturated carbocycles. The number of nitrogens with zero attached hydrogens (tertiary/aromatic N) is 1. The minimum Gasteiger partial charge on any atom is -0.330 e. The Morgan fingerprint density at radius 2 is 1.44 bits per heavy atom. The van der Waals surface area contributed by atoms with Crippen molar-refractivity contribution in [3.05, 3.63) is 0 Å². The molecule has 2 rings (SSSR count). The molecule has 0 radical (unpaired) electrons.